The molecule has 4 nitrogen and oxygen atoms in total. The maximum atomic E-state index is 6.26. The lowest BCUT2D eigenvalue weighted by molar-refractivity contribution is 0.174. The second-order valence-corrected chi connectivity index (χ2v) is 6.22. The van der Waals surface area contributed by atoms with Crippen molar-refractivity contribution in [3.63, 3.8) is 0 Å². The number of ether oxygens (including phenoxy) is 2. The van der Waals surface area contributed by atoms with E-state index in [1.165, 1.54) is 5.56 Å². The maximum absolute atomic E-state index is 6.26. The summed E-state index contributed by atoms with van der Waals surface area (Å²) in [6, 6.07) is 6.09. The Bertz CT molecular complexity index is 618. The predicted octanol–water partition coefficient (Wildman–Crippen LogP) is 3.26. The molecule has 2 heterocycles. The van der Waals surface area contributed by atoms with E-state index in [0.717, 1.165) is 12.1 Å². The van der Waals surface area contributed by atoms with Gasteiger partial charge < -0.3 is 15.2 Å². The molecule has 1 aromatic heterocycles. The molecule has 1 atom stereocenters. The van der Waals surface area contributed by atoms with Gasteiger partial charge in [-0.15, -0.1) is 0 Å². The molecule has 1 unspecified atom stereocenters. The fourth-order valence-electron chi connectivity index (χ4n) is 2.53. The summed E-state index contributed by atoms with van der Waals surface area (Å²) >= 11 is 7.96. The molecule has 0 saturated heterocycles. The Morgan fingerprint density at radius 1 is 1.43 bits per heavy atom. The molecule has 112 valence electrons. The largest absolute Gasteiger partial charge is 0.454 e. The van der Waals surface area contributed by atoms with E-state index in [1.54, 1.807) is 11.3 Å². The van der Waals surface area contributed by atoms with Gasteiger partial charge in [0.05, 0.1) is 5.02 Å². The summed E-state index contributed by atoms with van der Waals surface area (Å²) in [6.45, 7) is 1.57. The van der Waals surface area contributed by atoms with Crippen LogP contribution in [0.25, 0.3) is 0 Å². The first-order valence-corrected chi connectivity index (χ1v) is 8.01. The average molecular weight is 325 g/mol. The van der Waals surface area contributed by atoms with Crippen LogP contribution in [0.4, 0.5) is 0 Å². The molecule has 0 radical (unpaired) electrons. The number of hydrogen-bond acceptors (Lipinski definition) is 5. The van der Waals surface area contributed by atoms with Gasteiger partial charge in [0.25, 0.3) is 0 Å². The van der Waals surface area contributed by atoms with Gasteiger partial charge in [-0.25, -0.2) is 0 Å². The van der Waals surface area contributed by atoms with Crippen LogP contribution in [0.1, 0.15) is 17.2 Å². The van der Waals surface area contributed by atoms with Crippen LogP contribution in [-0.2, 0) is 6.54 Å². The second-order valence-electron chi connectivity index (χ2n) is 5.03. The minimum absolute atomic E-state index is 0.0805. The number of thiophene rings is 1. The zero-order valence-corrected chi connectivity index (χ0v) is 13.3. The topological polar surface area (TPSA) is 47.7 Å². The molecule has 1 aliphatic rings. The van der Waals surface area contributed by atoms with Crippen LogP contribution in [-0.4, -0.2) is 25.3 Å². The third-order valence-corrected chi connectivity index (χ3v) is 4.61. The molecule has 6 heteroatoms. The third kappa shape index (κ3) is 3.01. The van der Waals surface area contributed by atoms with Crippen molar-refractivity contribution in [3.05, 3.63) is 45.1 Å². The Hall–Kier alpha value is -1.27. The van der Waals surface area contributed by atoms with E-state index in [0.29, 0.717) is 23.1 Å². The van der Waals surface area contributed by atoms with Crippen molar-refractivity contribution in [1.29, 1.82) is 0 Å². The second kappa shape index (κ2) is 6.23. The number of nitrogens with two attached hydrogens (primary N) is 1. The van der Waals surface area contributed by atoms with E-state index in [4.69, 9.17) is 26.8 Å². The summed E-state index contributed by atoms with van der Waals surface area (Å²) in [7, 11) is 2.06. The molecule has 0 spiro atoms. The first-order chi connectivity index (χ1) is 10.2. The maximum Gasteiger partial charge on any atom is 0.231 e. The molecule has 21 heavy (non-hydrogen) atoms. The van der Waals surface area contributed by atoms with Crippen molar-refractivity contribution in [2.45, 2.75) is 12.6 Å². The smallest absolute Gasteiger partial charge is 0.231 e. The van der Waals surface area contributed by atoms with E-state index in [1.807, 2.05) is 12.1 Å². The summed E-state index contributed by atoms with van der Waals surface area (Å²) in [5.41, 5.74) is 8.31. The van der Waals surface area contributed by atoms with Crippen molar-refractivity contribution in [2.75, 3.05) is 20.4 Å². The van der Waals surface area contributed by atoms with E-state index in [9.17, 15) is 0 Å². The minimum Gasteiger partial charge on any atom is -0.454 e. The Labute approximate surface area is 133 Å². The van der Waals surface area contributed by atoms with Crippen molar-refractivity contribution in [2.24, 2.45) is 5.73 Å². The first kappa shape index (κ1) is 14.7. The average Bonchev–Trinajstić information content (AvgIpc) is 3.10. The number of fused-ring (bicyclic) bond motifs is 1. The summed E-state index contributed by atoms with van der Waals surface area (Å²) in [4.78, 5) is 2.22. The standard InChI is InChI=1S/C15H17ClN2O2S/c1-18(7-10-2-3-21-8-10)13(6-17)11-4-12(16)15-14(5-11)19-9-20-15/h2-5,8,13H,6-7,9,17H2,1H3. The fraction of sp³-hybridized carbons (Fsp3) is 0.333. The van der Waals surface area contributed by atoms with Crippen molar-refractivity contribution < 1.29 is 9.47 Å². The SMILES string of the molecule is CN(Cc1ccsc1)C(CN)c1cc(Cl)c2c(c1)OCO2. The molecule has 0 saturated carbocycles. The molecule has 2 aromatic rings. The lowest BCUT2D eigenvalue weighted by Gasteiger charge is -2.27. The fourth-order valence-corrected chi connectivity index (χ4v) is 3.46. The van der Waals surface area contributed by atoms with Gasteiger partial charge in [0.2, 0.25) is 6.79 Å². The van der Waals surface area contributed by atoms with Gasteiger partial charge >= 0.3 is 0 Å². The highest BCUT2D eigenvalue weighted by Gasteiger charge is 2.23. The van der Waals surface area contributed by atoms with Gasteiger partial charge in [0.1, 0.15) is 0 Å². The number of halogens is 1. The molecule has 0 fully saturated rings. The number of benzene rings is 1. The van der Waals surface area contributed by atoms with Crippen LogP contribution in [0.15, 0.2) is 29.0 Å². The van der Waals surface area contributed by atoms with E-state index >= 15 is 0 Å². The monoisotopic (exact) mass is 324 g/mol. The Morgan fingerprint density at radius 3 is 3.00 bits per heavy atom. The summed E-state index contributed by atoms with van der Waals surface area (Å²) < 4.78 is 10.8. The number of hydrogen-bond donors (Lipinski definition) is 1. The minimum atomic E-state index is 0.0805. The lowest BCUT2D eigenvalue weighted by atomic mass is 10.0. The third-order valence-electron chi connectivity index (χ3n) is 3.60. The molecule has 0 aliphatic carbocycles. The normalized spacial score (nSPS) is 14.7. The molecule has 0 bridgehead atoms. The summed E-state index contributed by atoms with van der Waals surface area (Å²) in [5, 5.41) is 4.80. The van der Waals surface area contributed by atoms with Crippen LogP contribution in [0, 0.1) is 0 Å². The Balaban J connectivity index is 1.84. The van der Waals surface area contributed by atoms with Crippen LogP contribution in [0.5, 0.6) is 11.5 Å². The van der Waals surface area contributed by atoms with Crippen LogP contribution in [0.2, 0.25) is 5.02 Å². The quantitative estimate of drug-likeness (QED) is 0.917. The zero-order chi connectivity index (χ0) is 14.8. The molecule has 0 amide bonds. The Morgan fingerprint density at radius 2 is 2.29 bits per heavy atom. The molecular weight excluding hydrogens is 308 g/mol. The van der Waals surface area contributed by atoms with Crippen molar-refractivity contribution >= 4 is 22.9 Å². The highest BCUT2D eigenvalue weighted by Crippen LogP contribution is 2.41. The summed E-state index contributed by atoms with van der Waals surface area (Å²) in [6.07, 6.45) is 0. The van der Waals surface area contributed by atoms with Gasteiger partial charge in [0, 0.05) is 19.1 Å². The van der Waals surface area contributed by atoms with Gasteiger partial charge in [-0.05, 0) is 47.1 Å². The van der Waals surface area contributed by atoms with Gasteiger partial charge in [0.15, 0.2) is 11.5 Å². The predicted molar refractivity (Wildman–Crippen MR) is 85.2 cm³/mol. The van der Waals surface area contributed by atoms with E-state index in [2.05, 4.69) is 28.8 Å². The van der Waals surface area contributed by atoms with E-state index < -0.39 is 0 Å². The first-order valence-electron chi connectivity index (χ1n) is 6.69. The lowest BCUT2D eigenvalue weighted by Crippen LogP contribution is -2.30. The van der Waals surface area contributed by atoms with Gasteiger partial charge in [-0.1, -0.05) is 11.6 Å². The van der Waals surface area contributed by atoms with Crippen LogP contribution < -0.4 is 15.2 Å². The van der Waals surface area contributed by atoms with Crippen LogP contribution in [0.3, 0.4) is 0 Å². The molecule has 2 N–H and O–H groups in total. The van der Waals surface area contributed by atoms with Gasteiger partial charge in [-0.2, -0.15) is 11.3 Å². The molecular formula is C15H17ClN2O2S. The number of likely N-dealkylation sites (N-methyl/N-ethyl adjacent to an activating group) is 1. The molecule has 1 aliphatic heterocycles. The summed E-state index contributed by atoms with van der Waals surface area (Å²) in [5.74, 6) is 1.32. The number of nitrogens with zero attached hydrogens (tertiary/aromatic N) is 1. The van der Waals surface area contributed by atoms with Crippen LogP contribution >= 0.6 is 22.9 Å². The van der Waals surface area contributed by atoms with Crippen molar-refractivity contribution in [1.82, 2.24) is 4.90 Å². The van der Waals surface area contributed by atoms with E-state index in [-0.39, 0.29) is 12.8 Å². The highest BCUT2D eigenvalue weighted by molar-refractivity contribution is 7.07. The van der Waals surface area contributed by atoms with Crippen molar-refractivity contribution in [3.8, 4) is 11.5 Å². The zero-order valence-electron chi connectivity index (χ0n) is 11.7. The van der Waals surface area contributed by atoms with Gasteiger partial charge in [-0.3, -0.25) is 4.90 Å². The number of rotatable bonds is 5. The highest BCUT2D eigenvalue weighted by atomic mass is 35.5. The Kier molecular flexibility index (Phi) is 4.35. The molecule has 3 rings (SSSR count). The molecule has 1 aromatic carbocycles.